The highest BCUT2D eigenvalue weighted by molar-refractivity contribution is 5.46. The summed E-state index contributed by atoms with van der Waals surface area (Å²) in [5, 5.41) is 29.6. The van der Waals surface area contributed by atoms with Crippen LogP contribution < -0.4 is 0 Å². The lowest BCUT2D eigenvalue weighted by molar-refractivity contribution is 0.430. The summed E-state index contributed by atoms with van der Waals surface area (Å²) in [7, 11) is 0. The lowest BCUT2D eigenvalue weighted by atomic mass is 9.77. The number of hydrogen-bond donors (Lipinski definition) is 3. The van der Waals surface area contributed by atoms with E-state index in [-0.39, 0.29) is 23.2 Å². The van der Waals surface area contributed by atoms with Crippen molar-refractivity contribution in [1.82, 2.24) is 0 Å². The fourth-order valence-corrected chi connectivity index (χ4v) is 4.60. The smallest absolute Gasteiger partial charge is 0.165 e. The van der Waals surface area contributed by atoms with Gasteiger partial charge in [0.25, 0.3) is 0 Å². The summed E-state index contributed by atoms with van der Waals surface area (Å²) in [6, 6.07) is 24.3. The van der Waals surface area contributed by atoms with Crippen molar-refractivity contribution < 1.29 is 19.7 Å². The van der Waals surface area contributed by atoms with Gasteiger partial charge in [-0.1, -0.05) is 68.4 Å². The van der Waals surface area contributed by atoms with E-state index in [1.54, 1.807) is 18.2 Å². The van der Waals surface area contributed by atoms with E-state index in [4.69, 9.17) is 0 Å². The molecule has 0 spiro atoms. The molecule has 4 aromatic carbocycles. The molecule has 0 radical (unpaired) electrons. The summed E-state index contributed by atoms with van der Waals surface area (Å²) in [5.74, 6) is -0.383. The number of rotatable bonds is 6. The molecule has 0 heterocycles. The number of phenols is 3. The second kappa shape index (κ2) is 9.46. The van der Waals surface area contributed by atoms with E-state index in [9.17, 15) is 19.7 Å². The van der Waals surface area contributed by atoms with Gasteiger partial charge in [-0.15, -0.1) is 0 Å². The van der Waals surface area contributed by atoms with Gasteiger partial charge >= 0.3 is 0 Å². The van der Waals surface area contributed by atoms with Gasteiger partial charge in [-0.3, -0.25) is 0 Å². The first-order valence-electron chi connectivity index (χ1n) is 11.7. The van der Waals surface area contributed by atoms with Crippen LogP contribution in [-0.4, -0.2) is 15.3 Å². The van der Waals surface area contributed by atoms with Crippen LogP contribution >= 0.6 is 0 Å². The highest BCUT2D eigenvalue weighted by Crippen LogP contribution is 2.36. The maximum atomic E-state index is 14.0. The molecular formula is C31H31FO3. The van der Waals surface area contributed by atoms with Gasteiger partial charge in [0, 0.05) is 11.3 Å². The van der Waals surface area contributed by atoms with Crippen molar-refractivity contribution in [1.29, 1.82) is 0 Å². The molecule has 0 aromatic heterocycles. The van der Waals surface area contributed by atoms with Crippen LogP contribution in [0.4, 0.5) is 4.39 Å². The quantitative estimate of drug-likeness (QED) is 0.278. The Hall–Kier alpha value is -3.79. The molecule has 35 heavy (non-hydrogen) atoms. The van der Waals surface area contributed by atoms with Crippen molar-refractivity contribution in [2.45, 2.75) is 45.4 Å². The number of halogens is 1. The summed E-state index contributed by atoms with van der Waals surface area (Å²) in [6.07, 6.45) is 0.733. The number of aryl methyl sites for hydroxylation is 2. The Kier molecular flexibility index (Phi) is 6.58. The van der Waals surface area contributed by atoms with Crippen molar-refractivity contribution in [3.63, 3.8) is 0 Å². The van der Waals surface area contributed by atoms with E-state index in [0.717, 1.165) is 45.4 Å². The highest BCUT2D eigenvalue weighted by atomic mass is 19.1. The Labute approximate surface area is 206 Å². The molecule has 1 unspecified atom stereocenters. The lowest BCUT2D eigenvalue weighted by Crippen LogP contribution is -2.19. The van der Waals surface area contributed by atoms with Crippen LogP contribution in [0.3, 0.4) is 0 Å². The molecule has 0 saturated heterocycles. The molecule has 0 amide bonds. The zero-order valence-electron chi connectivity index (χ0n) is 20.5. The molecule has 0 aliphatic carbocycles. The minimum absolute atomic E-state index is 0.0431. The second-order valence-electron chi connectivity index (χ2n) is 9.84. The predicted molar refractivity (Wildman–Crippen MR) is 138 cm³/mol. The van der Waals surface area contributed by atoms with E-state index >= 15 is 0 Å². The fraction of sp³-hybridized carbons (Fsp3) is 0.226. The largest absolute Gasteiger partial charge is 0.508 e. The molecule has 3 nitrogen and oxygen atoms in total. The van der Waals surface area contributed by atoms with Crippen LogP contribution in [0, 0.1) is 19.7 Å². The molecule has 0 bridgehead atoms. The van der Waals surface area contributed by atoms with Gasteiger partial charge in [-0.05, 0) is 83.5 Å². The molecule has 0 saturated carbocycles. The first kappa shape index (κ1) is 24.3. The second-order valence-corrected chi connectivity index (χ2v) is 9.84. The molecule has 3 N–H and O–H groups in total. The topological polar surface area (TPSA) is 60.7 Å². The Morgan fingerprint density at radius 3 is 1.80 bits per heavy atom. The molecule has 0 fully saturated rings. The standard InChI is InChI=1S/C31H31FO3/c1-19-15-21(5-12-28(19)33)17-26(23-8-13-29(34)20(2)16-23)22-6-9-24(10-7-22)31(3,4)25-11-14-30(35)27(32)18-25/h5-16,18,26,33-35H,17H2,1-4H3. The van der Waals surface area contributed by atoms with Gasteiger partial charge in [0.1, 0.15) is 11.5 Å². The lowest BCUT2D eigenvalue weighted by Gasteiger charge is -2.27. The van der Waals surface area contributed by atoms with Crippen molar-refractivity contribution >= 4 is 0 Å². The normalized spacial score (nSPS) is 12.5. The predicted octanol–water partition coefficient (Wildman–Crippen LogP) is 7.26. The van der Waals surface area contributed by atoms with Crippen LogP contribution in [0.2, 0.25) is 0 Å². The van der Waals surface area contributed by atoms with Gasteiger partial charge < -0.3 is 15.3 Å². The molecular weight excluding hydrogens is 439 g/mol. The highest BCUT2D eigenvalue weighted by Gasteiger charge is 2.25. The van der Waals surface area contributed by atoms with E-state index in [2.05, 4.69) is 24.3 Å². The van der Waals surface area contributed by atoms with Gasteiger partial charge in [-0.2, -0.15) is 0 Å². The van der Waals surface area contributed by atoms with E-state index < -0.39 is 11.2 Å². The Morgan fingerprint density at radius 1 is 0.657 bits per heavy atom. The average Bonchev–Trinajstić information content (AvgIpc) is 2.83. The first-order chi connectivity index (χ1) is 16.6. The summed E-state index contributed by atoms with van der Waals surface area (Å²) >= 11 is 0. The van der Waals surface area contributed by atoms with Crippen LogP contribution in [0.1, 0.15) is 58.7 Å². The third-order valence-electron chi connectivity index (χ3n) is 7.03. The van der Waals surface area contributed by atoms with E-state index in [0.29, 0.717) is 0 Å². The van der Waals surface area contributed by atoms with Crippen LogP contribution in [0.5, 0.6) is 17.2 Å². The number of benzene rings is 4. The summed E-state index contributed by atoms with van der Waals surface area (Å²) in [5.41, 5.74) is 6.35. The molecule has 180 valence electrons. The molecule has 4 heteroatoms. The molecule has 0 aliphatic heterocycles. The summed E-state index contributed by atoms with van der Waals surface area (Å²) in [6.45, 7) is 7.85. The third kappa shape index (κ3) is 5.02. The van der Waals surface area contributed by atoms with Gasteiger partial charge in [0.05, 0.1) is 0 Å². The van der Waals surface area contributed by atoms with Crippen molar-refractivity contribution in [2.24, 2.45) is 0 Å². The van der Waals surface area contributed by atoms with Crippen molar-refractivity contribution in [3.05, 3.63) is 124 Å². The maximum absolute atomic E-state index is 14.0. The van der Waals surface area contributed by atoms with Gasteiger partial charge in [0.2, 0.25) is 0 Å². The monoisotopic (exact) mass is 470 g/mol. The Balaban J connectivity index is 1.72. The first-order valence-corrected chi connectivity index (χ1v) is 11.7. The minimum atomic E-state index is -0.626. The molecule has 0 aliphatic rings. The summed E-state index contributed by atoms with van der Waals surface area (Å²) < 4.78 is 14.0. The molecule has 4 aromatic rings. The fourth-order valence-electron chi connectivity index (χ4n) is 4.60. The van der Waals surface area contributed by atoms with Crippen LogP contribution in [-0.2, 0) is 11.8 Å². The maximum Gasteiger partial charge on any atom is 0.165 e. The summed E-state index contributed by atoms with van der Waals surface area (Å²) in [4.78, 5) is 0. The van der Waals surface area contributed by atoms with E-state index in [1.165, 1.54) is 12.1 Å². The van der Waals surface area contributed by atoms with Gasteiger partial charge in [0.15, 0.2) is 11.6 Å². The van der Waals surface area contributed by atoms with Crippen LogP contribution in [0.25, 0.3) is 0 Å². The van der Waals surface area contributed by atoms with Crippen molar-refractivity contribution in [2.75, 3.05) is 0 Å². The third-order valence-corrected chi connectivity index (χ3v) is 7.03. The van der Waals surface area contributed by atoms with Gasteiger partial charge in [-0.25, -0.2) is 4.39 Å². The van der Waals surface area contributed by atoms with Crippen LogP contribution in [0.15, 0.2) is 78.9 Å². The average molecular weight is 471 g/mol. The molecule has 1 atom stereocenters. The van der Waals surface area contributed by atoms with E-state index in [1.807, 2.05) is 52.0 Å². The zero-order valence-corrected chi connectivity index (χ0v) is 20.5. The number of hydrogen-bond acceptors (Lipinski definition) is 3. The van der Waals surface area contributed by atoms with Crippen molar-refractivity contribution in [3.8, 4) is 17.2 Å². The number of aromatic hydroxyl groups is 3. The SMILES string of the molecule is Cc1cc(CC(c2ccc(C(C)(C)c3ccc(O)c(F)c3)cc2)c2ccc(O)c(C)c2)ccc1O. The Morgan fingerprint density at radius 2 is 1.20 bits per heavy atom. The zero-order chi connectivity index (χ0) is 25.3. The molecule has 4 rings (SSSR count). The number of phenolic OH excluding ortho intramolecular Hbond substituents is 3. The minimum Gasteiger partial charge on any atom is -0.508 e. The Bertz CT molecular complexity index is 1360.